The molecule has 3 nitrogen and oxygen atoms in total. The van der Waals surface area contributed by atoms with Crippen LogP contribution in [0, 0.1) is 13.8 Å². The summed E-state index contributed by atoms with van der Waals surface area (Å²) in [6.07, 6.45) is 0.656. The molecule has 0 radical (unpaired) electrons. The quantitative estimate of drug-likeness (QED) is 0.792. The Morgan fingerprint density at radius 2 is 1.88 bits per heavy atom. The lowest BCUT2D eigenvalue weighted by atomic mass is 10.1. The zero-order chi connectivity index (χ0) is 12.9. The van der Waals surface area contributed by atoms with Gasteiger partial charge in [0.1, 0.15) is 0 Å². The van der Waals surface area contributed by atoms with Crippen LogP contribution in [0.5, 0.6) is 0 Å². The summed E-state index contributed by atoms with van der Waals surface area (Å²) in [5, 5.41) is 3.13. The molecule has 1 rings (SSSR count). The molecule has 17 heavy (non-hydrogen) atoms. The van der Waals surface area contributed by atoms with Crippen LogP contribution in [0.4, 0.5) is 0 Å². The molecule has 0 aliphatic rings. The van der Waals surface area contributed by atoms with Gasteiger partial charge in [0.15, 0.2) is 9.84 Å². The van der Waals surface area contributed by atoms with Crippen molar-refractivity contribution in [2.24, 2.45) is 0 Å². The fourth-order valence-corrected chi connectivity index (χ4v) is 2.98. The summed E-state index contributed by atoms with van der Waals surface area (Å²) in [7, 11) is -3.12. The Morgan fingerprint density at radius 1 is 1.18 bits per heavy atom. The molecule has 1 aromatic rings. The van der Waals surface area contributed by atoms with Gasteiger partial charge in [-0.15, -0.1) is 0 Å². The maximum atomic E-state index is 12.0. The molecule has 1 N–H and O–H groups in total. The van der Waals surface area contributed by atoms with Crippen molar-refractivity contribution in [2.75, 3.05) is 18.8 Å². The molecular formula is C13H21NO2S. The van der Waals surface area contributed by atoms with Gasteiger partial charge in [0, 0.05) is 0 Å². The molecule has 0 bridgehead atoms. The highest BCUT2D eigenvalue weighted by atomic mass is 32.2. The number of sulfone groups is 1. The van der Waals surface area contributed by atoms with Gasteiger partial charge >= 0.3 is 0 Å². The molecule has 0 saturated carbocycles. The van der Waals surface area contributed by atoms with Gasteiger partial charge in [0.05, 0.1) is 10.6 Å². The topological polar surface area (TPSA) is 46.2 Å². The van der Waals surface area contributed by atoms with Crippen LogP contribution in [0.1, 0.15) is 24.5 Å². The van der Waals surface area contributed by atoms with E-state index in [9.17, 15) is 8.42 Å². The second kappa shape index (κ2) is 6.17. The number of hydrogen-bond donors (Lipinski definition) is 1. The molecule has 0 amide bonds. The van der Waals surface area contributed by atoms with Crippen LogP contribution >= 0.6 is 0 Å². The first-order chi connectivity index (χ1) is 7.97. The molecule has 0 spiro atoms. The summed E-state index contributed by atoms with van der Waals surface area (Å²) in [4.78, 5) is 0.442. The molecule has 0 heterocycles. The van der Waals surface area contributed by atoms with E-state index in [4.69, 9.17) is 0 Å². The Balaban J connectivity index is 2.72. The van der Waals surface area contributed by atoms with Gasteiger partial charge in [-0.1, -0.05) is 13.0 Å². The van der Waals surface area contributed by atoms with E-state index in [1.807, 2.05) is 26.8 Å². The Labute approximate surface area is 104 Å². The van der Waals surface area contributed by atoms with Crippen molar-refractivity contribution in [1.29, 1.82) is 0 Å². The Bertz CT molecular complexity index is 466. The van der Waals surface area contributed by atoms with E-state index in [2.05, 4.69) is 5.32 Å². The van der Waals surface area contributed by atoms with Crippen LogP contribution in [-0.4, -0.2) is 27.3 Å². The van der Waals surface area contributed by atoms with Crippen molar-refractivity contribution in [3.8, 4) is 0 Å². The number of rotatable bonds is 6. The van der Waals surface area contributed by atoms with Crippen LogP contribution in [0.15, 0.2) is 23.1 Å². The smallest absolute Gasteiger partial charge is 0.178 e. The van der Waals surface area contributed by atoms with E-state index in [0.717, 1.165) is 24.2 Å². The minimum absolute atomic E-state index is 0.211. The Morgan fingerprint density at radius 3 is 2.47 bits per heavy atom. The van der Waals surface area contributed by atoms with Crippen LogP contribution in [0.3, 0.4) is 0 Å². The average Bonchev–Trinajstić information content (AvgIpc) is 2.28. The van der Waals surface area contributed by atoms with Gasteiger partial charge in [-0.2, -0.15) is 0 Å². The lowest BCUT2D eigenvalue weighted by molar-refractivity contribution is 0.590. The fourth-order valence-electron chi connectivity index (χ4n) is 1.59. The fraction of sp³-hybridized carbons (Fsp3) is 0.538. The summed E-state index contributed by atoms with van der Waals surface area (Å²) < 4.78 is 24.1. The van der Waals surface area contributed by atoms with Crippen molar-refractivity contribution in [3.63, 3.8) is 0 Å². The minimum atomic E-state index is -3.12. The molecule has 96 valence electrons. The van der Waals surface area contributed by atoms with E-state index in [-0.39, 0.29) is 5.75 Å². The van der Waals surface area contributed by atoms with Gasteiger partial charge < -0.3 is 5.32 Å². The number of nitrogens with one attached hydrogen (secondary N) is 1. The van der Waals surface area contributed by atoms with Gasteiger partial charge in [0.25, 0.3) is 0 Å². The van der Waals surface area contributed by atoms with Gasteiger partial charge in [-0.05, 0) is 56.6 Å². The average molecular weight is 255 g/mol. The zero-order valence-corrected chi connectivity index (χ0v) is 11.6. The number of benzene rings is 1. The zero-order valence-electron chi connectivity index (χ0n) is 10.8. The Hall–Kier alpha value is -0.870. The summed E-state index contributed by atoms with van der Waals surface area (Å²) in [6, 6.07) is 5.33. The molecule has 4 heteroatoms. The number of hydrogen-bond acceptors (Lipinski definition) is 3. The van der Waals surface area contributed by atoms with Crippen LogP contribution < -0.4 is 5.32 Å². The normalized spacial score (nSPS) is 11.7. The standard InChI is InChI=1S/C13H21NO2S/c1-4-14-8-5-9-17(15,16)13-7-6-11(2)12(3)10-13/h6-7,10,14H,4-5,8-9H2,1-3H3. The molecule has 1 aromatic carbocycles. The highest BCUT2D eigenvalue weighted by molar-refractivity contribution is 7.91. The number of aryl methyl sites for hydroxylation is 2. The largest absolute Gasteiger partial charge is 0.317 e. The van der Waals surface area contributed by atoms with Gasteiger partial charge in [-0.25, -0.2) is 8.42 Å². The van der Waals surface area contributed by atoms with Gasteiger partial charge in [0.2, 0.25) is 0 Å². The van der Waals surface area contributed by atoms with E-state index in [1.54, 1.807) is 12.1 Å². The first kappa shape index (κ1) is 14.2. The summed E-state index contributed by atoms with van der Waals surface area (Å²) >= 11 is 0. The summed E-state index contributed by atoms with van der Waals surface area (Å²) in [6.45, 7) is 7.56. The molecule has 0 saturated heterocycles. The van der Waals surface area contributed by atoms with Crippen molar-refractivity contribution in [3.05, 3.63) is 29.3 Å². The van der Waals surface area contributed by atoms with E-state index >= 15 is 0 Å². The van der Waals surface area contributed by atoms with Gasteiger partial charge in [-0.3, -0.25) is 0 Å². The molecule has 0 atom stereocenters. The molecule has 0 aliphatic heterocycles. The van der Waals surface area contributed by atoms with Crippen molar-refractivity contribution >= 4 is 9.84 Å². The highest BCUT2D eigenvalue weighted by Gasteiger charge is 2.14. The van der Waals surface area contributed by atoms with E-state index in [1.165, 1.54) is 0 Å². The van der Waals surface area contributed by atoms with E-state index < -0.39 is 9.84 Å². The maximum absolute atomic E-state index is 12.0. The second-order valence-corrected chi connectivity index (χ2v) is 6.38. The third kappa shape index (κ3) is 4.13. The maximum Gasteiger partial charge on any atom is 0.178 e. The predicted octanol–water partition coefficient (Wildman–Crippen LogP) is 2.08. The van der Waals surface area contributed by atoms with Crippen molar-refractivity contribution in [1.82, 2.24) is 5.32 Å². The first-order valence-corrected chi connectivity index (χ1v) is 7.63. The highest BCUT2D eigenvalue weighted by Crippen LogP contribution is 2.16. The monoisotopic (exact) mass is 255 g/mol. The lowest BCUT2D eigenvalue weighted by Crippen LogP contribution is -2.18. The first-order valence-electron chi connectivity index (χ1n) is 5.98. The molecule has 0 aliphatic carbocycles. The molecular weight excluding hydrogens is 234 g/mol. The Kier molecular flexibility index (Phi) is 5.15. The van der Waals surface area contributed by atoms with Crippen LogP contribution in [0.25, 0.3) is 0 Å². The lowest BCUT2D eigenvalue weighted by Gasteiger charge is -2.07. The molecule has 0 fully saturated rings. The minimum Gasteiger partial charge on any atom is -0.317 e. The molecule has 0 aromatic heterocycles. The SMILES string of the molecule is CCNCCCS(=O)(=O)c1ccc(C)c(C)c1. The second-order valence-electron chi connectivity index (χ2n) is 4.27. The van der Waals surface area contributed by atoms with Crippen molar-refractivity contribution in [2.45, 2.75) is 32.1 Å². The van der Waals surface area contributed by atoms with Crippen molar-refractivity contribution < 1.29 is 8.42 Å². The van der Waals surface area contributed by atoms with Crippen LogP contribution in [-0.2, 0) is 9.84 Å². The summed E-state index contributed by atoms with van der Waals surface area (Å²) in [5.74, 6) is 0.211. The predicted molar refractivity (Wildman–Crippen MR) is 71.1 cm³/mol. The van der Waals surface area contributed by atoms with E-state index in [0.29, 0.717) is 11.3 Å². The van der Waals surface area contributed by atoms with Crippen LogP contribution in [0.2, 0.25) is 0 Å². The third-order valence-corrected chi connectivity index (χ3v) is 4.65. The summed E-state index contributed by atoms with van der Waals surface area (Å²) in [5.41, 5.74) is 2.15. The third-order valence-electron chi connectivity index (χ3n) is 2.85. The molecule has 0 unspecified atom stereocenters.